The van der Waals surface area contributed by atoms with E-state index in [1.165, 1.54) is 0 Å². The van der Waals surface area contributed by atoms with Crippen molar-refractivity contribution in [3.05, 3.63) is 17.7 Å². The maximum atomic E-state index is 10.4. The molecule has 1 aliphatic rings. The molecule has 2 heterocycles. The SMILES string of the molecule is O=Cc1nc(CCN2CCOCC2)c[nH]1. The highest BCUT2D eigenvalue weighted by Gasteiger charge is 2.10. The minimum Gasteiger partial charge on any atom is -0.379 e. The summed E-state index contributed by atoms with van der Waals surface area (Å²) >= 11 is 0. The van der Waals surface area contributed by atoms with E-state index in [0.29, 0.717) is 5.82 Å². The molecule has 1 aromatic rings. The number of hydrogen-bond donors (Lipinski definition) is 1. The van der Waals surface area contributed by atoms with Crippen LogP contribution in [0.5, 0.6) is 0 Å². The Bertz CT molecular complexity index is 318. The maximum absolute atomic E-state index is 10.4. The second-order valence-corrected chi connectivity index (χ2v) is 3.60. The van der Waals surface area contributed by atoms with Gasteiger partial charge in [-0.1, -0.05) is 0 Å². The number of rotatable bonds is 4. The van der Waals surface area contributed by atoms with Gasteiger partial charge in [0, 0.05) is 32.3 Å². The number of imidazole rings is 1. The van der Waals surface area contributed by atoms with Crippen molar-refractivity contribution in [1.82, 2.24) is 14.9 Å². The molecule has 1 fully saturated rings. The molecular weight excluding hydrogens is 194 g/mol. The summed E-state index contributed by atoms with van der Waals surface area (Å²) in [5.74, 6) is 0.409. The van der Waals surface area contributed by atoms with Crippen LogP contribution in [0.25, 0.3) is 0 Å². The molecule has 0 bridgehead atoms. The second kappa shape index (κ2) is 5.04. The van der Waals surface area contributed by atoms with Crippen LogP contribution in [0.4, 0.5) is 0 Å². The monoisotopic (exact) mass is 209 g/mol. The van der Waals surface area contributed by atoms with Crippen LogP contribution >= 0.6 is 0 Å². The molecule has 1 aromatic heterocycles. The lowest BCUT2D eigenvalue weighted by Crippen LogP contribution is -2.37. The smallest absolute Gasteiger partial charge is 0.185 e. The van der Waals surface area contributed by atoms with Crippen LogP contribution in [0, 0.1) is 0 Å². The zero-order valence-corrected chi connectivity index (χ0v) is 8.61. The number of aldehydes is 1. The molecule has 1 N–H and O–H groups in total. The van der Waals surface area contributed by atoms with Crippen molar-refractivity contribution in [1.29, 1.82) is 0 Å². The number of carbonyl (C=O) groups excluding carboxylic acids is 1. The highest BCUT2D eigenvalue weighted by atomic mass is 16.5. The van der Waals surface area contributed by atoms with Crippen molar-refractivity contribution in [2.75, 3.05) is 32.8 Å². The lowest BCUT2D eigenvalue weighted by Gasteiger charge is -2.26. The third kappa shape index (κ3) is 2.87. The van der Waals surface area contributed by atoms with Crippen molar-refractivity contribution in [3.8, 4) is 0 Å². The van der Waals surface area contributed by atoms with E-state index in [1.807, 2.05) is 0 Å². The van der Waals surface area contributed by atoms with Gasteiger partial charge in [0.2, 0.25) is 0 Å². The lowest BCUT2D eigenvalue weighted by atomic mass is 10.3. The fraction of sp³-hybridized carbons (Fsp3) is 0.600. The van der Waals surface area contributed by atoms with Gasteiger partial charge in [-0.3, -0.25) is 9.69 Å². The standard InChI is InChI=1S/C10H15N3O2/c14-8-10-11-7-9(12-10)1-2-13-3-5-15-6-4-13/h7-8H,1-6H2,(H,11,12). The van der Waals surface area contributed by atoms with E-state index in [9.17, 15) is 4.79 Å². The van der Waals surface area contributed by atoms with Crippen molar-refractivity contribution in [2.24, 2.45) is 0 Å². The summed E-state index contributed by atoms with van der Waals surface area (Å²) in [6, 6.07) is 0. The number of nitrogens with zero attached hydrogens (tertiary/aromatic N) is 2. The number of ether oxygens (including phenoxy) is 1. The number of aromatic amines is 1. The summed E-state index contributed by atoms with van der Waals surface area (Å²) in [5.41, 5.74) is 0.948. The minimum absolute atomic E-state index is 0.409. The summed E-state index contributed by atoms with van der Waals surface area (Å²) < 4.78 is 5.26. The van der Waals surface area contributed by atoms with E-state index in [2.05, 4.69) is 14.9 Å². The molecule has 82 valence electrons. The van der Waals surface area contributed by atoms with Gasteiger partial charge < -0.3 is 9.72 Å². The van der Waals surface area contributed by atoms with Gasteiger partial charge in [-0.2, -0.15) is 0 Å². The third-order valence-corrected chi connectivity index (χ3v) is 2.55. The van der Waals surface area contributed by atoms with Crippen LogP contribution in [0.3, 0.4) is 0 Å². The summed E-state index contributed by atoms with van der Waals surface area (Å²) in [4.78, 5) is 19.7. The first-order valence-corrected chi connectivity index (χ1v) is 5.18. The van der Waals surface area contributed by atoms with Crippen LogP contribution in [-0.2, 0) is 11.2 Å². The van der Waals surface area contributed by atoms with Gasteiger partial charge in [-0.15, -0.1) is 0 Å². The molecule has 5 heteroatoms. The Morgan fingerprint density at radius 1 is 1.53 bits per heavy atom. The maximum Gasteiger partial charge on any atom is 0.185 e. The number of morpholine rings is 1. The molecule has 1 aliphatic heterocycles. The van der Waals surface area contributed by atoms with Crippen LogP contribution < -0.4 is 0 Å². The average Bonchev–Trinajstić information content (AvgIpc) is 2.76. The van der Waals surface area contributed by atoms with Crippen molar-refractivity contribution < 1.29 is 9.53 Å². The van der Waals surface area contributed by atoms with Crippen LogP contribution in [0.15, 0.2) is 6.20 Å². The largest absolute Gasteiger partial charge is 0.379 e. The highest BCUT2D eigenvalue weighted by Crippen LogP contribution is 2.01. The molecule has 5 nitrogen and oxygen atoms in total. The molecular formula is C10H15N3O2. The topological polar surface area (TPSA) is 58.2 Å². The minimum atomic E-state index is 0.409. The Morgan fingerprint density at radius 2 is 2.33 bits per heavy atom. The van der Waals surface area contributed by atoms with E-state index in [0.717, 1.165) is 51.2 Å². The van der Waals surface area contributed by atoms with Gasteiger partial charge in [0.25, 0.3) is 0 Å². The molecule has 0 radical (unpaired) electrons. The van der Waals surface area contributed by atoms with E-state index in [1.54, 1.807) is 6.20 Å². The fourth-order valence-corrected chi connectivity index (χ4v) is 1.66. The first-order valence-electron chi connectivity index (χ1n) is 5.18. The van der Waals surface area contributed by atoms with Crippen LogP contribution in [0.1, 0.15) is 16.3 Å². The molecule has 15 heavy (non-hydrogen) atoms. The van der Waals surface area contributed by atoms with Gasteiger partial charge in [0.15, 0.2) is 12.1 Å². The molecule has 0 unspecified atom stereocenters. The van der Waals surface area contributed by atoms with Gasteiger partial charge in [0.1, 0.15) is 0 Å². The molecule has 0 atom stereocenters. The summed E-state index contributed by atoms with van der Waals surface area (Å²) in [6.45, 7) is 4.60. The van der Waals surface area contributed by atoms with Gasteiger partial charge >= 0.3 is 0 Å². The fourth-order valence-electron chi connectivity index (χ4n) is 1.66. The van der Waals surface area contributed by atoms with Gasteiger partial charge in [0.05, 0.1) is 18.9 Å². The van der Waals surface area contributed by atoms with Gasteiger partial charge in [-0.25, -0.2) is 4.98 Å². The van der Waals surface area contributed by atoms with Crippen LogP contribution in [0.2, 0.25) is 0 Å². The highest BCUT2D eigenvalue weighted by molar-refractivity contribution is 5.68. The zero-order valence-electron chi connectivity index (χ0n) is 8.61. The quantitative estimate of drug-likeness (QED) is 0.714. The van der Waals surface area contributed by atoms with E-state index >= 15 is 0 Å². The van der Waals surface area contributed by atoms with E-state index in [-0.39, 0.29) is 0 Å². The number of carbonyl (C=O) groups is 1. The van der Waals surface area contributed by atoms with Crippen molar-refractivity contribution in [2.45, 2.75) is 6.42 Å². The molecule has 0 amide bonds. The predicted octanol–water partition coefficient (Wildman–Crippen LogP) is 0.0969. The third-order valence-electron chi connectivity index (χ3n) is 2.55. The molecule has 1 saturated heterocycles. The number of H-pyrrole nitrogens is 1. The molecule has 2 rings (SSSR count). The second-order valence-electron chi connectivity index (χ2n) is 3.60. The summed E-state index contributed by atoms with van der Waals surface area (Å²) in [6.07, 6.45) is 3.41. The van der Waals surface area contributed by atoms with Crippen molar-refractivity contribution >= 4 is 6.29 Å². The van der Waals surface area contributed by atoms with E-state index in [4.69, 9.17) is 4.74 Å². The zero-order chi connectivity index (χ0) is 10.5. The first kappa shape index (κ1) is 10.3. The first-order chi connectivity index (χ1) is 7.38. The predicted molar refractivity (Wildman–Crippen MR) is 54.9 cm³/mol. The molecule has 0 saturated carbocycles. The molecule has 0 aromatic carbocycles. The Kier molecular flexibility index (Phi) is 3.47. The average molecular weight is 209 g/mol. The summed E-state index contributed by atoms with van der Waals surface area (Å²) in [5, 5.41) is 0. The Labute approximate surface area is 88.4 Å². The normalized spacial score (nSPS) is 17.9. The Morgan fingerprint density at radius 3 is 3.00 bits per heavy atom. The Hall–Kier alpha value is -1.20. The van der Waals surface area contributed by atoms with Crippen LogP contribution in [-0.4, -0.2) is 54.0 Å². The van der Waals surface area contributed by atoms with Gasteiger partial charge in [-0.05, 0) is 0 Å². The number of hydrogen-bond acceptors (Lipinski definition) is 4. The summed E-state index contributed by atoms with van der Waals surface area (Å²) in [7, 11) is 0. The molecule has 0 spiro atoms. The molecule has 0 aliphatic carbocycles. The lowest BCUT2D eigenvalue weighted by molar-refractivity contribution is 0.0383. The Balaban J connectivity index is 1.79. The van der Waals surface area contributed by atoms with Crippen molar-refractivity contribution in [3.63, 3.8) is 0 Å². The number of nitrogens with one attached hydrogen (secondary N) is 1. The van der Waals surface area contributed by atoms with E-state index < -0.39 is 0 Å². The number of aromatic nitrogens is 2.